The van der Waals surface area contributed by atoms with Gasteiger partial charge in [-0.3, -0.25) is 4.98 Å². The van der Waals surface area contributed by atoms with E-state index in [0.29, 0.717) is 42.1 Å². The van der Waals surface area contributed by atoms with E-state index in [-0.39, 0.29) is 43.1 Å². The Kier molecular flexibility index (Phi) is 7.24. The predicted octanol–water partition coefficient (Wildman–Crippen LogP) is 2.33. The second kappa shape index (κ2) is 9.69. The van der Waals surface area contributed by atoms with E-state index in [9.17, 15) is 0 Å². The van der Waals surface area contributed by atoms with Gasteiger partial charge in [-0.15, -0.1) is 11.1 Å². The third-order valence-corrected chi connectivity index (χ3v) is 4.45. The summed E-state index contributed by atoms with van der Waals surface area (Å²) in [5, 5.41) is 11.8. The zero-order valence-electron chi connectivity index (χ0n) is 16.7. The molecule has 0 radical (unpaired) electrons. The van der Waals surface area contributed by atoms with Crippen molar-refractivity contribution in [1.29, 1.82) is 0 Å². The third kappa shape index (κ3) is 4.89. The number of nitrogens with two attached hydrogens (primary N) is 1. The minimum atomic E-state index is 0. The summed E-state index contributed by atoms with van der Waals surface area (Å²) in [6.45, 7) is 10.7. The zero-order valence-corrected chi connectivity index (χ0v) is 20.8. The average Bonchev–Trinajstić information content (AvgIpc) is 3.32. The first-order chi connectivity index (χ1) is 14.0. The van der Waals surface area contributed by atoms with Gasteiger partial charge in [0.2, 0.25) is 5.95 Å². The first-order valence-corrected chi connectivity index (χ1v) is 9.27. The Bertz CT molecular complexity index is 1140. The van der Waals surface area contributed by atoms with Crippen LogP contribution in [0.3, 0.4) is 0 Å². The number of nitrogen functional groups attached to an aromatic ring is 1. The first-order valence-electron chi connectivity index (χ1n) is 9.27. The van der Waals surface area contributed by atoms with Crippen LogP contribution in [0.4, 0.5) is 5.95 Å². The molecule has 3 N–H and O–H groups in total. The molecule has 9 nitrogen and oxygen atoms in total. The van der Waals surface area contributed by atoms with Crippen molar-refractivity contribution < 1.29 is 35.5 Å². The Morgan fingerprint density at radius 1 is 1.17 bits per heavy atom. The Labute approximate surface area is 198 Å². The summed E-state index contributed by atoms with van der Waals surface area (Å²) < 4.78 is 7.34. The van der Waals surface area contributed by atoms with E-state index in [1.807, 2.05) is 37.3 Å². The van der Waals surface area contributed by atoms with E-state index in [0.717, 1.165) is 17.1 Å². The zero-order chi connectivity index (χ0) is 20.4. The fraction of sp³-hybridized carbons (Fsp3) is 0.250. The second-order valence-corrected chi connectivity index (χ2v) is 6.75. The van der Waals surface area contributed by atoms with Gasteiger partial charge < -0.3 is 29.3 Å². The van der Waals surface area contributed by atoms with E-state index >= 15 is 0 Å². The minimum Gasteiger partial charge on any atom is -0.460 e. The number of furan rings is 1. The van der Waals surface area contributed by atoms with Crippen molar-refractivity contribution in [3.8, 4) is 11.5 Å². The molecule has 0 fully saturated rings. The number of fused-ring (bicyclic) bond motifs is 1. The Morgan fingerprint density at radius 2 is 1.97 bits per heavy atom. The number of hydrogen-bond acceptors (Lipinski definition) is 8. The molecule has 1 unspecified atom stereocenters. The van der Waals surface area contributed by atoms with E-state index in [1.165, 1.54) is 0 Å². The molecule has 4 aromatic rings. The number of aromatic nitrogens is 6. The molecule has 152 valence electrons. The Hall–Kier alpha value is -2.28. The number of rotatable bonds is 7. The molecule has 1 atom stereocenters. The number of anilines is 1. The molecule has 4 rings (SSSR count). The molecule has 0 aliphatic carbocycles. The maximum Gasteiger partial charge on any atom is 2.00 e. The summed E-state index contributed by atoms with van der Waals surface area (Å²) in [5.74, 6) is 1.48. The van der Waals surface area contributed by atoms with Crippen molar-refractivity contribution >= 4 is 17.1 Å². The maximum atomic E-state index is 5.93. The van der Waals surface area contributed by atoms with Crippen molar-refractivity contribution in [2.24, 2.45) is 0 Å². The third-order valence-electron chi connectivity index (χ3n) is 4.45. The van der Waals surface area contributed by atoms with Gasteiger partial charge in [-0.1, -0.05) is 11.3 Å². The van der Waals surface area contributed by atoms with E-state index < -0.39 is 0 Å². The van der Waals surface area contributed by atoms with Gasteiger partial charge in [-0.05, 0) is 31.2 Å². The second-order valence-electron chi connectivity index (χ2n) is 6.75. The summed E-state index contributed by atoms with van der Waals surface area (Å²) in [6.07, 6.45) is 0.712. The maximum absolute atomic E-state index is 5.93. The summed E-state index contributed by atoms with van der Waals surface area (Å²) >= 11 is 0. The van der Waals surface area contributed by atoms with E-state index in [4.69, 9.17) is 10.2 Å². The van der Waals surface area contributed by atoms with E-state index in [1.54, 1.807) is 4.68 Å². The minimum absolute atomic E-state index is 0. The number of nitrogens with one attached hydrogen (secondary N) is 1. The largest absolute Gasteiger partial charge is 2.00 e. The molecule has 4 aromatic heterocycles. The van der Waals surface area contributed by atoms with Gasteiger partial charge in [-0.25, -0.2) is 9.67 Å². The van der Waals surface area contributed by atoms with Crippen LogP contribution in [0.5, 0.6) is 0 Å². The smallest absolute Gasteiger partial charge is 0.460 e. The number of hydrogen-bond donors (Lipinski definition) is 2. The Morgan fingerprint density at radius 3 is 2.70 bits per heavy atom. The predicted molar refractivity (Wildman–Crippen MR) is 109 cm³/mol. The summed E-state index contributed by atoms with van der Waals surface area (Å²) in [7, 11) is 0. The van der Waals surface area contributed by atoms with Gasteiger partial charge in [0.1, 0.15) is 11.5 Å². The van der Waals surface area contributed by atoms with Crippen molar-refractivity contribution in [1.82, 2.24) is 35.3 Å². The fourth-order valence-corrected chi connectivity index (χ4v) is 2.93. The van der Waals surface area contributed by atoms with Crippen molar-refractivity contribution in [3.05, 3.63) is 61.3 Å². The van der Waals surface area contributed by atoms with Crippen molar-refractivity contribution in [3.63, 3.8) is 0 Å². The molecule has 0 saturated carbocycles. The molecular weight excluding hydrogens is 606 g/mol. The van der Waals surface area contributed by atoms with Gasteiger partial charge in [0.15, 0.2) is 16.9 Å². The van der Waals surface area contributed by atoms with Crippen LogP contribution in [0.15, 0.2) is 34.7 Å². The number of aryl methyl sites for hydroxylation is 1. The van der Waals surface area contributed by atoms with Gasteiger partial charge in [-0.2, -0.15) is 11.4 Å². The molecule has 0 aliphatic heterocycles. The van der Waals surface area contributed by atoms with E-state index in [2.05, 4.69) is 44.4 Å². The van der Waals surface area contributed by atoms with Crippen molar-refractivity contribution in [2.75, 3.05) is 5.73 Å². The molecule has 10 heteroatoms. The summed E-state index contributed by atoms with van der Waals surface area (Å²) in [5.41, 5.74) is 9.25. The molecule has 0 aliphatic rings. The average molecular weight is 628 g/mol. The van der Waals surface area contributed by atoms with Crippen LogP contribution in [0.25, 0.3) is 22.6 Å². The first kappa shape index (κ1) is 22.4. The molecule has 0 amide bonds. The molecular formula is C20H22N8OU. The monoisotopic (exact) mass is 628 g/mol. The Balaban J connectivity index is 0.00000256. The van der Waals surface area contributed by atoms with Crippen LogP contribution >= 0.6 is 0 Å². The quantitative estimate of drug-likeness (QED) is 0.300. The summed E-state index contributed by atoms with van der Waals surface area (Å²) in [6, 6.07) is 9.63. The van der Waals surface area contributed by atoms with Crippen LogP contribution in [-0.2, 0) is 13.1 Å². The molecule has 0 aromatic carbocycles. The van der Waals surface area contributed by atoms with Gasteiger partial charge in [0.05, 0.1) is 17.9 Å². The van der Waals surface area contributed by atoms with Crippen molar-refractivity contribution in [2.45, 2.75) is 32.5 Å². The number of nitrogens with zero attached hydrogens (tertiary/aromatic N) is 6. The molecule has 30 heavy (non-hydrogen) atoms. The standard InChI is InChI=1S/C20H22N8O.U/c1-4-12(2)22-10-14-6-5-7-15(23-14)11-28-19-18(26-27-28)17(24-20(21)25-19)16-9-8-13(3)29-16;/h5-9,12,22H,1-2,4,10-11H2,3H3,(H2,21,24,25);/q-2;+2. The van der Waals surface area contributed by atoms with Gasteiger partial charge in [0.25, 0.3) is 0 Å². The molecule has 0 bridgehead atoms. The van der Waals surface area contributed by atoms with Crippen LogP contribution in [0.2, 0.25) is 0 Å². The van der Waals surface area contributed by atoms with Crippen LogP contribution < -0.4 is 11.1 Å². The molecule has 0 saturated heterocycles. The fourth-order valence-electron chi connectivity index (χ4n) is 2.93. The SMILES string of the molecule is [CH2-]CC([CH2-])NCc1cccc(Cn2nnc3c(-c4ccc(C)o4)nc(N)nc32)n1.[U+2]. The number of pyridine rings is 1. The van der Waals surface area contributed by atoms with Gasteiger partial charge >= 0.3 is 31.1 Å². The molecule has 4 heterocycles. The molecule has 0 spiro atoms. The topological polar surface area (TPSA) is 121 Å². The summed E-state index contributed by atoms with van der Waals surface area (Å²) in [4.78, 5) is 13.3. The van der Waals surface area contributed by atoms with Crippen LogP contribution in [0.1, 0.15) is 23.6 Å². The normalized spacial score (nSPS) is 12.1. The van der Waals surface area contributed by atoms with Crippen LogP contribution in [-0.4, -0.2) is 36.0 Å². The van der Waals surface area contributed by atoms with Gasteiger partial charge in [0, 0.05) is 6.54 Å². The van der Waals surface area contributed by atoms with Crippen LogP contribution in [0, 0.1) is 51.9 Å².